The van der Waals surface area contributed by atoms with Gasteiger partial charge in [-0.2, -0.15) is 0 Å². The Labute approximate surface area is 72.6 Å². The summed E-state index contributed by atoms with van der Waals surface area (Å²) in [5.41, 5.74) is -0.0780. The molecule has 0 saturated heterocycles. The van der Waals surface area contributed by atoms with Crippen molar-refractivity contribution in [1.29, 1.82) is 0 Å². The third-order valence-electron chi connectivity index (χ3n) is 2.63. The lowest BCUT2D eigenvalue weighted by atomic mass is 10.1. The molecule has 0 aromatic rings. The average Bonchev–Trinajstić information content (AvgIpc) is 2.49. The van der Waals surface area contributed by atoms with Crippen molar-refractivity contribution < 1.29 is 9.90 Å². The molecule has 0 spiro atoms. The monoisotopic (exact) mass is 166 g/mol. The van der Waals surface area contributed by atoms with Crippen LogP contribution in [-0.2, 0) is 4.79 Å². The van der Waals surface area contributed by atoms with Crippen LogP contribution in [0.25, 0.3) is 0 Å². The van der Waals surface area contributed by atoms with Crippen molar-refractivity contribution in [3.8, 4) is 0 Å². The van der Waals surface area contributed by atoms with E-state index in [1.807, 2.05) is 26.0 Å². The van der Waals surface area contributed by atoms with Gasteiger partial charge in [-0.25, -0.2) is 0 Å². The van der Waals surface area contributed by atoms with E-state index in [9.17, 15) is 4.79 Å². The molecule has 0 aliphatic heterocycles. The highest BCUT2D eigenvalue weighted by atomic mass is 16.4. The molecule has 0 unspecified atom stereocenters. The predicted molar refractivity (Wildman–Crippen MR) is 47.7 cm³/mol. The molecule has 2 atom stereocenters. The highest BCUT2D eigenvalue weighted by Gasteiger charge is 2.60. The van der Waals surface area contributed by atoms with Crippen LogP contribution in [-0.4, -0.2) is 11.1 Å². The SMILES string of the molecule is C=C/C=C/[C@@H]1[C@@H](C(=O)O)C1(C)C. The van der Waals surface area contributed by atoms with Crippen LogP contribution in [0.1, 0.15) is 13.8 Å². The molecular weight excluding hydrogens is 152 g/mol. The molecule has 66 valence electrons. The van der Waals surface area contributed by atoms with Crippen molar-refractivity contribution in [3.63, 3.8) is 0 Å². The summed E-state index contributed by atoms with van der Waals surface area (Å²) in [4.78, 5) is 10.7. The number of carboxylic acid groups (broad SMARTS) is 1. The summed E-state index contributed by atoms with van der Waals surface area (Å²) >= 11 is 0. The number of hydrogen-bond donors (Lipinski definition) is 1. The molecule has 1 aliphatic rings. The van der Waals surface area contributed by atoms with Gasteiger partial charge in [0.05, 0.1) is 5.92 Å². The Morgan fingerprint density at radius 1 is 1.58 bits per heavy atom. The van der Waals surface area contributed by atoms with Crippen LogP contribution in [0.4, 0.5) is 0 Å². The summed E-state index contributed by atoms with van der Waals surface area (Å²) in [6, 6.07) is 0. The molecule has 0 aromatic heterocycles. The molecule has 0 radical (unpaired) electrons. The number of allylic oxidation sites excluding steroid dienone is 3. The molecule has 1 saturated carbocycles. The van der Waals surface area contributed by atoms with E-state index in [-0.39, 0.29) is 17.3 Å². The summed E-state index contributed by atoms with van der Waals surface area (Å²) in [6.45, 7) is 7.50. The smallest absolute Gasteiger partial charge is 0.307 e. The van der Waals surface area contributed by atoms with Crippen molar-refractivity contribution in [3.05, 3.63) is 24.8 Å². The fourth-order valence-corrected chi connectivity index (χ4v) is 1.71. The zero-order valence-corrected chi connectivity index (χ0v) is 7.45. The van der Waals surface area contributed by atoms with Gasteiger partial charge in [-0.3, -0.25) is 4.79 Å². The van der Waals surface area contributed by atoms with Crippen molar-refractivity contribution in [1.82, 2.24) is 0 Å². The second kappa shape index (κ2) is 2.77. The topological polar surface area (TPSA) is 37.3 Å². The minimum Gasteiger partial charge on any atom is -0.481 e. The van der Waals surface area contributed by atoms with Crippen LogP contribution in [0.5, 0.6) is 0 Å². The predicted octanol–water partition coefficient (Wildman–Crippen LogP) is 2.09. The van der Waals surface area contributed by atoms with Gasteiger partial charge >= 0.3 is 5.97 Å². The first kappa shape index (κ1) is 9.04. The largest absolute Gasteiger partial charge is 0.481 e. The Morgan fingerprint density at radius 3 is 2.50 bits per heavy atom. The van der Waals surface area contributed by atoms with E-state index in [1.165, 1.54) is 0 Å². The Morgan fingerprint density at radius 2 is 2.17 bits per heavy atom. The molecule has 0 heterocycles. The fourth-order valence-electron chi connectivity index (χ4n) is 1.71. The minimum atomic E-state index is -0.696. The Kier molecular flexibility index (Phi) is 2.09. The van der Waals surface area contributed by atoms with Gasteiger partial charge in [-0.05, 0) is 11.3 Å². The molecule has 12 heavy (non-hydrogen) atoms. The maximum Gasteiger partial charge on any atom is 0.307 e. The summed E-state index contributed by atoms with van der Waals surface area (Å²) in [6.07, 6.45) is 5.41. The first-order valence-corrected chi connectivity index (χ1v) is 4.04. The number of rotatable bonds is 3. The molecule has 0 amide bonds. The molecule has 1 aliphatic carbocycles. The molecule has 2 heteroatoms. The van der Waals surface area contributed by atoms with Gasteiger partial charge in [0.25, 0.3) is 0 Å². The van der Waals surface area contributed by atoms with Gasteiger partial charge in [0.1, 0.15) is 0 Å². The number of hydrogen-bond acceptors (Lipinski definition) is 1. The second-order valence-electron chi connectivity index (χ2n) is 3.78. The third-order valence-corrected chi connectivity index (χ3v) is 2.63. The van der Waals surface area contributed by atoms with Crippen LogP contribution in [0.15, 0.2) is 24.8 Å². The van der Waals surface area contributed by atoms with Crippen molar-refractivity contribution >= 4 is 5.97 Å². The molecule has 1 fully saturated rings. The minimum absolute atomic E-state index is 0.0780. The summed E-state index contributed by atoms with van der Waals surface area (Å²) in [5, 5.41) is 8.80. The maximum absolute atomic E-state index is 10.7. The van der Waals surface area contributed by atoms with Crippen LogP contribution in [0.2, 0.25) is 0 Å². The van der Waals surface area contributed by atoms with E-state index >= 15 is 0 Å². The van der Waals surface area contributed by atoms with E-state index in [1.54, 1.807) is 6.08 Å². The third kappa shape index (κ3) is 1.29. The first-order chi connectivity index (χ1) is 5.51. The van der Waals surface area contributed by atoms with Crippen LogP contribution in [0.3, 0.4) is 0 Å². The highest BCUT2D eigenvalue weighted by molar-refractivity contribution is 5.76. The van der Waals surface area contributed by atoms with E-state index in [2.05, 4.69) is 6.58 Å². The van der Waals surface area contributed by atoms with Gasteiger partial charge in [-0.15, -0.1) is 0 Å². The molecule has 1 rings (SSSR count). The van der Waals surface area contributed by atoms with Gasteiger partial charge in [-0.1, -0.05) is 38.7 Å². The molecule has 0 bridgehead atoms. The average molecular weight is 166 g/mol. The number of aliphatic carboxylic acids is 1. The molecule has 2 nitrogen and oxygen atoms in total. The van der Waals surface area contributed by atoms with Gasteiger partial charge in [0, 0.05) is 0 Å². The Hall–Kier alpha value is -1.05. The summed E-state index contributed by atoms with van der Waals surface area (Å²) in [7, 11) is 0. The lowest BCUT2D eigenvalue weighted by molar-refractivity contribution is -0.139. The van der Waals surface area contributed by atoms with Crippen LogP contribution >= 0.6 is 0 Å². The van der Waals surface area contributed by atoms with Gasteiger partial charge in [0.2, 0.25) is 0 Å². The van der Waals surface area contributed by atoms with Crippen molar-refractivity contribution in [2.75, 3.05) is 0 Å². The van der Waals surface area contributed by atoms with Gasteiger partial charge in [0.15, 0.2) is 0 Å². The van der Waals surface area contributed by atoms with E-state index in [0.29, 0.717) is 0 Å². The quantitative estimate of drug-likeness (QED) is 0.652. The molecular formula is C10H14O2. The summed E-state index contributed by atoms with van der Waals surface area (Å²) in [5.74, 6) is -0.736. The lowest BCUT2D eigenvalue weighted by Gasteiger charge is -1.95. The Balaban J connectivity index is 2.66. The van der Waals surface area contributed by atoms with E-state index < -0.39 is 5.97 Å². The molecule has 1 N–H and O–H groups in total. The normalized spacial score (nSPS) is 31.8. The van der Waals surface area contributed by atoms with Gasteiger partial charge < -0.3 is 5.11 Å². The second-order valence-corrected chi connectivity index (χ2v) is 3.78. The first-order valence-electron chi connectivity index (χ1n) is 4.04. The molecule has 0 aromatic carbocycles. The standard InChI is InChI=1S/C10H14O2/c1-4-5-6-7-8(9(11)12)10(7,2)3/h4-8H,1H2,2-3H3,(H,11,12)/b6-5+/t7-,8+/m1/s1. The maximum atomic E-state index is 10.7. The highest BCUT2D eigenvalue weighted by Crippen LogP contribution is 2.58. The Bertz CT molecular complexity index is 238. The fraction of sp³-hybridized carbons (Fsp3) is 0.500. The van der Waals surface area contributed by atoms with E-state index in [4.69, 9.17) is 5.11 Å². The number of carbonyl (C=O) groups is 1. The zero-order valence-electron chi connectivity index (χ0n) is 7.45. The lowest BCUT2D eigenvalue weighted by Crippen LogP contribution is -2.02. The zero-order chi connectivity index (χ0) is 9.35. The van der Waals surface area contributed by atoms with Crippen LogP contribution < -0.4 is 0 Å². The van der Waals surface area contributed by atoms with Crippen LogP contribution in [0, 0.1) is 17.3 Å². The van der Waals surface area contributed by atoms with E-state index in [0.717, 1.165) is 0 Å². The van der Waals surface area contributed by atoms with Crippen molar-refractivity contribution in [2.45, 2.75) is 13.8 Å². The van der Waals surface area contributed by atoms with Crippen molar-refractivity contribution in [2.24, 2.45) is 17.3 Å². The number of carboxylic acids is 1. The summed E-state index contributed by atoms with van der Waals surface area (Å²) < 4.78 is 0.